The number of hydrogen-bond acceptors (Lipinski definition) is 3. The number of carbonyl (C=O) groups excluding carboxylic acids is 2. The van der Waals surface area contributed by atoms with E-state index in [1.54, 1.807) is 24.3 Å². The molecular weight excluding hydrogens is 430 g/mol. The minimum Gasteiger partial charge on any atom is -0.270 e. The number of carbonyl (C=O) groups is 2. The van der Waals surface area contributed by atoms with E-state index in [-0.39, 0.29) is 18.4 Å². The first-order valence-corrected chi connectivity index (χ1v) is 10.4. The number of allylic oxidation sites excluding steroid dienone is 1. The highest BCUT2D eigenvalue weighted by atomic mass is 79.9. The first-order chi connectivity index (χ1) is 14.1. The molecule has 6 heteroatoms. The summed E-state index contributed by atoms with van der Waals surface area (Å²) in [5, 5.41) is 4.61. The van der Waals surface area contributed by atoms with Crippen molar-refractivity contribution in [3.8, 4) is 5.69 Å². The van der Waals surface area contributed by atoms with Crippen molar-refractivity contribution < 1.29 is 9.59 Å². The van der Waals surface area contributed by atoms with Crippen molar-refractivity contribution in [3.63, 3.8) is 0 Å². The quantitative estimate of drug-likeness (QED) is 0.549. The summed E-state index contributed by atoms with van der Waals surface area (Å²) in [4.78, 5) is 26.6. The van der Waals surface area contributed by atoms with E-state index in [1.165, 1.54) is 10.5 Å². The molecule has 1 aliphatic carbocycles. The Bertz CT molecular complexity index is 1140. The Labute approximate surface area is 176 Å². The fraction of sp³-hybridized carbons (Fsp3) is 0.174. The van der Waals surface area contributed by atoms with Crippen molar-refractivity contribution in [1.82, 2.24) is 14.7 Å². The molecule has 0 N–H and O–H groups in total. The minimum atomic E-state index is -0.223. The van der Waals surface area contributed by atoms with Gasteiger partial charge in [0.05, 0.1) is 28.7 Å². The molecule has 1 aliphatic heterocycles. The highest BCUT2D eigenvalue weighted by Crippen LogP contribution is 2.33. The van der Waals surface area contributed by atoms with Crippen LogP contribution in [0.15, 0.2) is 65.3 Å². The van der Waals surface area contributed by atoms with Crippen LogP contribution in [0, 0.1) is 0 Å². The molecule has 5 rings (SSSR count). The predicted molar refractivity (Wildman–Crippen MR) is 114 cm³/mol. The maximum absolute atomic E-state index is 12.7. The first-order valence-electron chi connectivity index (χ1n) is 9.61. The molecule has 144 valence electrons. The van der Waals surface area contributed by atoms with Crippen LogP contribution in [0.5, 0.6) is 0 Å². The number of benzene rings is 2. The highest BCUT2D eigenvalue weighted by Gasteiger charge is 2.34. The van der Waals surface area contributed by atoms with Gasteiger partial charge in [0.2, 0.25) is 0 Å². The van der Waals surface area contributed by atoms with E-state index in [0.717, 1.165) is 40.7 Å². The zero-order chi connectivity index (χ0) is 20.0. The van der Waals surface area contributed by atoms with Crippen molar-refractivity contribution in [3.05, 3.63) is 87.7 Å². The molecule has 5 nitrogen and oxygen atoms in total. The van der Waals surface area contributed by atoms with Gasteiger partial charge < -0.3 is 0 Å². The molecule has 0 unspecified atom stereocenters. The average molecular weight is 448 g/mol. The smallest absolute Gasteiger partial charge is 0.261 e. The number of amides is 2. The maximum atomic E-state index is 12.7. The number of fused-ring (bicyclic) bond motifs is 2. The van der Waals surface area contributed by atoms with E-state index in [2.05, 4.69) is 21.0 Å². The lowest BCUT2D eigenvalue weighted by Gasteiger charge is -2.19. The van der Waals surface area contributed by atoms with Gasteiger partial charge in [0.25, 0.3) is 11.8 Å². The Morgan fingerprint density at radius 3 is 2.48 bits per heavy atom. The fourth-order valence-corrected chi connectivity index (χ4v) is 4.49. The van der Waals surface area contributed by atoms with Crippen molar-refractivity contribution in [1.29, 1.82) is 0 Å². The monoisotopic (exact) mass is 447 g/mol. The lowest BCUT2D eigenvalue weighted by atomic mass is 9.92. The van der Waals surface area contributed by atoms with E-state index >= 15 is 0 Å². The van der Waals surface area contributed by atoms with Crippen LogP contribution in [0.1, 0.15) is 44.8 Å². The van der Waals surface area contributed by atoms with Gasteiger partial charge in [-0.25, -0.2) is 4.68 Å². The second kappa shape index (κ2) is 7.12. The lowest BCUT2D eigenvalue weighted by Crippen LogP contribution is -2.30. The van der Waals surface area contributed by atoms with Crippen LogP contribution in [0.3, 0.4) is 0 Å². The van der Waals surface area contributed by atoms with Crippen LogP contribution in [0.25, 0.3) is 11.3 Å². The third-order valence-corrected chi connectivity index (χ3v) is 5.99. The minimum absolute atomic E-state index is 0.223. The molecule has 0 saturated carbocycles. The molecule has 0 bridgehead atoms. The molecule has 0 fully saturated rings. The topological polar surface area (TPSA) is 55.2 Å². The Morgan fingerprint density at radius 2 is 1.76 bits per heavy atom. The van der Waals surface area contributed by atoms with E-state index in [1.807, 2.05) is 41.2 Å². The molecule has 2 aromatic carbocycles. The molecule has 3 aromatic rings. The number of nitrogens with zero attached hydrogens (tertiary/aromatic N) is 3. The number of aromatic nitrogens is 2. The molecule has 0 saturated heterocycles. The van der Waals surface area contributed by atoms with E-state index in [4.69, 9.17) is 0 Å². The standard InChI is InChI=1S/C23H18BrN3O2/c24-17-7-4-8-18(13-17)27-21-15(5-3-6-16(21)14-25-27)11-12-26-22(28)19-9-1-2-10-20(19)23(26)29/h1-2,4,7-11,13-14H,3,5-6,12H2. The maximum Gasteiger partial charge on any atom is 0.261 e. The van der Waals surface area contributed by atoms with Crippen LogP contribution in [-0.4, -0.2) is 33.0 Å². The van der Waals surface area contributed by atoms with Gasteiger partial charge in [-0.05, 0) is 60.7 Å². The zero-order valence-electron chi connectivity index (χ0n) is 15.6. The summed E-state index contributed by atoms with van der Waals surface area (Å²) in [6.07, 6.45) is 6.84. The van der Waals surface area contributed by atoms with Gasteiger partial charge >= 0.3 is 0 Å². The van der Waals surface area contributed by atoms with Gasteiger partial charge in [-0.1, -0.05) is 40.2 Å². The summed E-state index contributed by atoms with van der Waals surface area (Å²) in [7, 11) is 0. The second-order valence-electron chi connectivity index (χ2n) is 7.26. The molecule has 29 heavy (non-hydrogen) atoms. The van der Waals surface area contributed by atoms with Crippen LogP contribution >= 0.6 is 15.9 Å². The third-order valence-electron chi connectivity index (χ3n) is 5.49. The molecule has 0 atom stereocenters. The van der Waals surface area contributed by atoms with Crippen LogP contribution < -0.4 is 0 Å². The average Bonchev–Trinajstić information content (AvgIpc) is 3.27. The van der Waals surface area contributed by atoms with Gasteiger partial charge in [0.1, 0.15) is 0 Å². The van der Waals surface area contributed by atoms with E-state index < -0.39 is 0 Å². The lowest BCUT2D eigenvalue weighted by molar-refractivity contribution is 0.0672. The molecule has 1 aromatic heterocycles. The van der Waals surface area contributed by atoms with Crippen molar-refractivity contribution >= 4 is 33.3 Å². The Hall–Kier alpha value is -2.99. The predicted octanol–water partition coefficient (Wildman–Crippen LogP) is 4.65. The zero-order valence-corrected chi connectivity index (χ0v) is 17.2. The summed E-state index contributed by atoms with van der Waals surface area (Å²) < 4.78 is 2.94. The normalized spacial score (nSPS) is 17.0. The van der Waals surface area contributed by atoms with E-state index in [0.29, 0.717) is 11.1 Å². The number of aryl methyl sites for hydroxylation is 1. The summed E-state index contributed by atoms with van der Waals surface area (Å²) in [6, 6.07) is 15.0. The highest BCUT2D eigenvalue weighted by molar-refractivity contribution is 9.10. The number of hydrogen-bond donors (Lipinski definition) is 0. The Morgan fingerprint density at radius 1 is 1.00 bits per heavy atom. The van der Waals surface area contributed by atoms with Crippen LogP contribution in [-0.2, 0) is 6.42 Å². The fourth-order valence-electron chi connectivity index (χ4n) is 4.10. The molecule has 0 spiro atoms. The third kappa shape index (κ3) is 3.04. The van der Waals surface area contributed by atoms with Crippen molar-refractivity contribution in [2.75, 3.05) is 6.54 Å². The molecule has 2 amide bonds. The number of halogens is 1. The van der Waals surface area contributed by atoms with Gasteiger partial charge in [-0.2, -0.15) is 5.10 Å². The van der Waals surface area contributed by atoms with Crippen LogP contribution in [0.4, 0.5) is 0 Å². The van der Waals surface area contributed by atoms with Gasteiger partial charge in [-0.15, -0.1) is 0 Å². The summed E-state index contributed by atoms with van der Waals surface area (Å²) in [6.45, 7) is 0.269. The van der Waals surface area contributed by atoms with E-state index in [9.17, 15) is 9.59 Å². The van der Waals surface area contributed by atoms with Crippen LogP contribution in [0.2, 0.25) is 0 Å². The number of imide groups is 1. The van der Waals surface area contributed by atoms with Crippen molar-refractivity contribution in [2.45, 2.75) is 19.3 Å². The summed E-state index contributed by atoms with van der Waals surface area (Å²) in [5.74, 6) is -0.446. The Balaban J connectivity index is 1.49. The van der Waals surface area contributed by atoms with Gasteiger partial charge in [-0.3, -0.25) is 14.5 Å². The molecule has 0 radical (unpaired) electrons. The SMILES string of the molecule is O=C1c2ccccc2C(=O)N1CC=C1CCCc2cnn(-c3cccc(Br)c3)c21. The summed E-state index contributed by atoms with van der Waals surface area (Å²) in [5.41, 5.74) is 5.35. The number of rotatable bonds is 3. The molecular formula is C23H18BrN3O2. The molecule has 2 aliphatic rings. The molecule has 2 heterocycles. The second-order valence-corrected chi connectivity index (χ2v) is 8.18. The first kappa shape index (κ1) is 18.1. The van der Waals surface area contributed by atoms with Gasteiger partial charge in [0.15, 0.2) is 0 Å². The summed E-state index contributed by atoms with van der Waals surface area (Å²) >= 11 is 3.52. The van der Waals surface area contributed by atoms with Crippen molar-refractivity contribution in [2.24, 2.45) is 0 Å². The van der Waals surface area contributed by atoms with Gasteiger partial charge in [0, 0.05) is 11.0 Å². The largest absolute Gasteiger partial charge is 0.270 e. The Kier molecular flexibility index (Phi) is 4.43.